The Hall–Kier alpha value is -2.35. The molecule has 0 N–H and O–H groups in total. The Morgan fingerprint density at radius 3 is 2.18 bits per heavy atom. The highest BCUT2D eigenvalue weighted by atomic mass is 15.3. The van der Waals surface area contributed by atoms with Gasteiger partial charge in [-0.25, -0.2) is 4.68 Å². The highest BCUT2D eigenvalue weighted by Crippen LogP contribution is 2.21. The molecule has 0 amide bonds. The van der Waals surface area contributed by atoms with Gasteiger partial charge in [0, 0.05) is 5.56 Å². The molecule has 1 radical (unpaired) electrons. The van der Waals surface area contributed by atoms with E-state index in [9.17, 15) is 0 Å². The van der Waals surface area contributed by atoms with E-state index in [1.54, 1.807) is 0 Å². The number of aromatic nitrogens is 2. The van der Waals surface area contributed by atoms with Gasteiger partial charge in [-0.1, -0.05) is 48.5 Å². The molecule has 0 aliphatic heterocycles. The van der Waals surface area contributed by atoms with Gasteiger partial charge in [0.05, 0.1) is 11.4 Å². The number of para-hydroxylation sites is 1. The molecular weight excluding hydrogens is 208 g/mol. The number of hydrogen-bond donors (Lipinski definition) is 0. The van der Waals surface area contributed by atoms with Crippen molar-refractivity contribution in [2.75, 3.05) is 0 Å². The minimum absolute atomic E-state index is 1.05. The molecule has 0 spiro atoms. The van der Waals surface area contributed by atoms with E-state index in [2.05, 4.69) is 23.4 Å². The summed E-state index contributed by atoms with van der Waals surface area (Å²) in [4.78, 5) is 0. The fourth-order valence-corrected chi connectivity index (χ4v) is 1.84. The van der Waals surface area contributed by atoms with Gasteiger partial charge in [-0.15, -0.1) is 0 Å². The van der Waals surface area contributed by atoms with Crippen molar-refractivity contribution in [2.45, 2.75) is 0 Å². The summed E-state index contributed by atoms with van der Waals surface area (Å²) in [5.74, 6) is 0. The molecule has 0 atom stereocenters. The molecule has 0 aliphatic carbocycles. The van der Waals surface area contributed by atoms with Crippen LogP contribution in [-0.2, 0) is 0 Å². The summed E-state index contributed by atoms with van der Waals surface area (Å²) in [5, 5.41) is 4.25. The van der Waals surface area contributed by atoms with Crippen molar-refractivity contribution in [3.63, 3.8) is 0 Å². The highest BCUT2D eigenvalue weighted by molar-refractivity contribution is 5.61. The number of benzene rings is 2. The van der Waals surface area contributed by atoms with Crippen molar-refractivity contribution in [1.82, 2.24) is 9.78 Å². The van der Waals surface area contributed by atoms with Gasteiger partial charge in [-0.3, -0.25) is 0 Å². The number of rotatable bonds is 2. The molecule has 1 heterocycles. The Bertz CT molecular complexity index is 543. The molecule has 2 aromatic carbocycles. The predicted molar refractivity (Wildman–Crippen MR) is 67.8 cm³/mol. The second kappa shape index (κ2) is 4.26. The number of hydrogen-bond acceptors (Lipinski definition) is 1. The standard InChI is InChI=1S/C15H11N2/c1-3-7-13(8-4-1)15-11-12-16-17(15)14-9-5-2-6-10-14/h1-11H. The van der Waals surface area contributed by atoms with Crippen LogP contribution in [0, 0.1) is 6.20 Å². The first-order valence-corrected chi connectivity index (χ1v) is 5.52. The van der Waals surface area contributed by atoms with E-state index in [-0.39, 0.29) is 0 Å². The van der Waals surface area contributed by atoms with E-state index in [1.165, 1.54) is 0 Å². The maximum Gasteiger partial charge on any atom is 0.114 e. The molecule has 0 saturated heterocycles. The lowest BCUT2D eigenvalue weighted by Gasteiger charge is -2.06. The molecular formula is C15H11N2. The van der Waals surface area contributed by atoms with Gasteiger partial charge >= 0.3 is 0 Å². The van der Waals surface area contributed by atoms with Crippen LogP contribution in [0.5, 0.6) is 0 Å². The summed E-state index contributed by atoms with van der Waals surface area (Å²) in [7, 11) is 0. The summed E-state index contributed by atoms with van der Waals surface area (Å²) in [5.41, 5.74) is 3.24. The maximum absolute atomic E-state index is 4.25. The first-order valence-electron chi connectivity index (χ1n) is 5.52. The Labute approximate surface area is 100 Å². The quantitative estimate of drug-likeness (QED) is 0.646. The van der Waals surface area contributed by atoms with Gasteiger partial charge < -0.3 is 0 Å². The second-order valence-electron chi connectivity index (χ2n) is 3.77. The van der Waals surface area contributed by atoms with Gasteiger partial charge in [0.2, 0.25) is 0 Å². The van der Waals surface area contributed by atoms with Gasteiger partial charge in [-0.2, -0.15) is 5.10 Å². The van der Waals surface area contributed by atoms with Crippen molar-refractivity contribution < 1.29 is 0 Å². The van der Waals surface area contributed by atoms with E-state index in [0.29, 0.717) is 0 Å². The van der Waals surface area contributed by atoms with Crippen LogP contribution in [0.2, 0.25) is 0 Å². The van der Waals surface area contributed by atoms with Gasteiger partial charge in [0.15, 0.2) is 0 Å². The molecule has 0 saturated carbocycles. The molecule has 3 rings (SSSR count). The van der Waals surface area contributed by atoms with Crippen molar-refractivity contribution >= 4 is 0 Å². The molecule has 1 aromatic heterocycles. The normalized spacial score (nSPS) is 10.4. The smallest absolute Gasteiger partial charge is 0.114 e. The first-order chi connectivity index (χ1) is 8.45. The van der Waals surface area contributed by atoms with E-state index in [4.69, 9.17) is 0 Å². The molecule has 2 heteroatoms. The largest absolute Gasteiger partial charge is 0.232 e. The summed E-state index contributed by atoms with van der Waals surface area (Å²) < 4.78 is 1.90. The first kappa shape index (κ1) is 9.85. The van der Waals surface area contributed by atoms with Crippen molar-refractivity contribution in [2.24, 2.45) is 0 Å². The van der Waals surface area contributed by atoms with E-state index >= 15 is 0 Å². The predicted octanol–water partition coefficient (Wildman–Crippen LogP) is 3.34. The Morgan fingerprint density at radius 2 is 1.47 bits per heavy atom. The minimum Gasteiger partial charge on any atom is -0.232 e. The van der Waals surface area contributed by atoms with E-state index < -0.39 is 0 Å². The highest BCUT2D eigenvalue weighted by Gasteiger charge is 2.06. The zero-order chi connectivity index (χ0) is 11.5. The van der Waals surface area contributed by atoms with Crippen LogP contribution in [0.25, 0.3) is 16.9 Å². The third-order valence-electron chi connectivity index (χ3n) is 2.66. The van der Waals surface area contributed by atoms with Crippen LogP contribution in [0.4, 0.5) is 0 Å². The fraction of sp³-hybridized carbons (Fsp3) is 0. The van der Waals surface area contributed by atoms with Crippen molar-refractivity contribution in [3.05, 3.63) is 72.9 Å². The van der Waals surface area contributed by atoms with Crippen LogP contribution >= 0.6 is 0 Å². The van der Waals surface area contributed by atoms with Gasteiger partial charge in [0.25, 0.3) is 0 Å². The van der Waals surface area contributed by atoms with E-state index in [0.717, 1.165) is 16.9 Å². The van der Waals surface area contributed by atoms with Gasteiger partial charge in [0.1, 0.15) is 6.20 Å². The van der Waals surface area contributed by atoms with Crippen LogP contribution in [0.15, 0.2) is 66.7 Å². The Morgan fingerprint density at radius 1 is 0.824 bits per heavy atom. The lowest BCUT2D eigenvalue weighted by Crippen LogP contribution is -1.98. The lowest BCUT2D eigenvalue weighted by atomic mass is 10.1. The monoisotopic (exact) mass is 219 g/mol. The summed E-state index contributed by atoms with van der Waals surface area (Å²) in [6.07, 6.45) is 2.91. The SMILES string of the molecule is [c]1cc(-c2ccccc2)n(-c2ccccc2)n1. The zero-order valence-electron chi connectivity index (χ0n) is 9.25. The minimum atomic E-state index is 1.05. The Balaban J connectivity index is 2.13. The van der Waals surface area contributed by atoms with Crippen LogP contribution < -0.4 is 0 Å². The van der Waals surface area contributed by atoms with Crippen molar-refractivity contribution in [3.8, 4) is 16.9 Å². The molecule has 3 aromatic rings. The Kier molecular flexibility index (Phi) is 2.47. The maximum atomic E-state index is 4.25. The zero-order valence-corrected chi connectivity index (χ0v) is 9.25. The van der Waals surface area contributed by atoms with Crippen molar-refractivity contribution in [1.29, 1.82) is 0 Å². The molecule has 0 unspecified atom stereocenters. The van der Waals surface area contributed by atoms with Crippen LogP contribution in [-0.4, -0.2) is 9.78 Å². The summed E-state index contributed by atoms with van der Waals surface area (Å²) >= 11 is 0. The topological polar surface area (TPSA) is 17.8 Å². The summed E-state index contributed by atoms with van der Waals surface area (Å²) in [6, 6.07) is 22.2. The average Bonchev–Trinajstić information content (AvgIpc) is 2.90. The van der Waals surface area contributed by atoms with E-state index in [1.807, 2.05) is 59.3 Å². The van der Waals surface area contributed by atoms with Crippen LogP contribution in [0.3, 0.4) is 0 Å². The molecule has 0 fully saturated rings. The molecule has 2 nitrogen and oxygen atoms in total. The van der Waals surface area contributed by atoms with Crippen LogP contribution in [0.1, 0.15) is 0 Å². The lowest BCUT2D eigenvalue weighted by molar-refractivity contribution is 0.884. The molecule has 17 heavy (non-hydrogen) atoms. The molecule has 81 valence electrons. The molecule has 0 aliphatic rings. The summed E-state index contributed by atoms with van der Waals surface area (Å²) in [6.45, 7) is 0. The molecule has 0 bridgehead atoms. The second-order valence-corrected chi connectivity index (χ2v) is 3.77. The average molecular weight is 219 g/mol. The third-order valence-corrected chi connectivity index (χ3v) is 2.66. The number of nitrogens with zero attached hydrogens (tertiary/aromatic N) is 2. The van der Waals surface area contributed by atoms with Gasteiger partial charge in [-0.05, 0) is 18.2 Å². The fourth-order valence-electron chi connectivity index (χ4n) is 1.84. The third kappa shape index (κ3) is 1.85.